The van der Waals surface area contributed by atoms with Gasteiger partial charge in [0.2, 0.25) is 11.8 Å². The van der Waals surface area contributed by atoms with Gasteiger partial charge >= 0.3 is 0 Å². The Hall–Kier alpha value is -1.10. The summed E-state index contributed by atoms with van der Waals surface area (Å²) in [5, 5.41) is 15.5. The van der Waals surface area contributed by atoms with Crippen molar-refractivity contribution in [2.24, 2.45) is 17.8 Å². The molecule has 0 spiro atoms. The number of rotatable bonds is 7. The number of hydrogen-bond acceptors (Lipinski definition) is 3. The second kappa shape index (κ2) is 9.13. The van der Waals surface area contributed by atoms with Crippen LogP contribution >= 0.6 is 0 Å². The molecule has 5 heteroatoms. The number of nitrogens with one attached hydrogen (secondary N) is 2. The normalized spacial score (nSPS) is 23.4. The van der Waals surface area contributed by atoms with Crippen LogP contribution in [0.4, 0.5) is 0 Å². The van der Waals surface area contributed by atoms with Crippen molar-refractivity contribution in [3.63, 3.8) is 0 Å². The van der Waals surface area contributed by atoms with Gasteiger partial charge in [-0.25, -0.2) is 0 Å². The number of aliphatic hydroxyl groups excluding tert-OH is 1. The third-order valence-electron chi connectivity index (χ3n) is 4.18. The summed E-state index contributed by atoms with van der Waals surface area (Å²) in [6, 6.07) is -0.486. The molecule has 2 amide bonds. The van der Waals surface area contributed by atoms with Gasteiger partial charge in [0.15, 0.2) is 0 Å². The van der Waals surface area contributed by atoms with E-state index in [0.29, 0.717) is 18.9 Å². The molecule has 1 fully saturated rings. The first-order chi connectivity index (χ1) is 10.3. The van der Waals surface area contributed by atoms with Crippen LogP contribution in [-0.4, -0.2) is 35.6 Å². The highest BCUT2D eigenvalue weighted by Gasteiger charge is 2.26. The lowest BCUT2D eigenvalue weighted by molar-refractivity contribution is -0.130. The van der Waals surface area contributed by atoms with E-state index < -0.39 is 6.04 Å². The molecule has 0 aromatic carbocycles. The molecule has 5 nitrogen and oxygen atoms in total. The minimum Gasteiger partial charge on any atom is -0.393 e. The molecule has 0 saturated heterocycles. The van der Waals surface area contributed by atoms with Crippen LogP contribution in [0.2, 0.25) is 0 Å². The molecule has 0 heterocycles. The average Bonchev–Trinajstić information content (AvgIpc) is 2.41. The van der Waals surface area contributed by atoms with Crippen molar-refractivity contribution in [2.75, 3.05) is 6.54 Å². The molecular weight excluding hydrogens is 280 g/mol. The monoisotopic (exact) mass is 312 g/mol. The largest absolute Gasteiger partial charge is 0.393 e. The van der Waals surface area contributed by atoms with Gasteiger partial charge in [0.25, 0.3) is 0 Å². The van der Waals surface area contributed by atoms with E-state index in [1.165, 1.54) is 0 Å². The maximum absolute atomic E-state index is 12.3. The molecule has 1 aliphatic carbocycles. The maximum Gasteiger partial charge on any atom is 0.242 e. The number of carbonyl (C=O) groups is 2. The molecule has 128 valence electrons. The molecular formula is C17H32N2O3. The molecule has 0 aromatic heterocycles. The predicted octanol–water partition coefficient (Wildman–Crippen LogP) is 1.84. The summed E-state index contributed by atoms with van der Waals surface area (Å²) in [7, 11) is 0. The summed E-state index contributed by atoms with van der Waals surface area (Å²) < 4.78 is 0. The molecule has 0 radical (unpaired) electrons. The summed E-state index contributed by atoms with van der Waals surface area (Å²) in [6.45, 7) is 8.42. The van der Waals surface area contributed by atoms with Crippen LogP contribution in [0.25, 0.3) is 0 Å². The maximum atomic E-state index is 12.3. The summed E-state index contributed by atoms with van der Waals surface area (Å²) in [5.74, 6) is 0.476. The zero-order valence-corrected chi connectivity index (χ0v) is 14.4. The Balaban J connectivity index is 2.45. The fourth-order valence-electron chi connectivity index (χ4n) is 2.94. The summed E-state index contributed by atoms with van der Waals surface area (Å²) in [4.78, 5) is 24.2. The molecule has 22 heavy (non-hydrogen) atoms. The standard InChI is InChI=1S/C17H32N2O3/c1-11(2)8-15(21)19-16(12(3)4)17(22)18-10-13-6-5-7-14(20)9-13/h11-14,16,20H,5-10H2,1-4H3,(H,18,22)(H,19,21). The van der Waals surface area contributed by atoms with Crippen LogP contribution in [0.1, 0.15) is 59.8 Å². The SMILES string of the molecule is CC(C)CC(=O)NC(C(=O)NCC1CCCC(O)C1)C(C)C. The van der Waals surface area contributed by atoms with E-state index in [-0.39, 0.29) is 29.8 Å². The summed E-state index contributed by atoms with van der Waals surface area (Å²) >= 11 is 0. The van der Waals surface area contributed by atoms with E-state index >= 15 is 0 Å². The molecule has 3 N–H and O–H groups in total. The van der Waals surface area contributed by atoms with Crippen LogP contribution in [0.3, 0.4) is 0 Å². The van der Waals surface area contributed by atoms with Crippen molar-refractivity contribution >= 4 is 11.8 Å². The second-order valence-electron chi connectivity index (χ2n) is 7.32. The van der Waals surface area contributed by atoms with Crippen molar-refractivity contribution in [2.45, 2.75) is 71.9 Å². The predicted molar refractivity (Wildman–Crippen MR) is 87.2 cm³/mol. The first kappa shape index (κ1) is 18.9. The van der Waals surface area contributed by atoms with Gasteiger partial charge in [-0.3, -0.25) is 9.59 Å². The smallest absolute Gasteiger partial charge is 0.242 e. The van der Waals surface area contributed by atoms with Crippen LogP contribution in [0, 0.1) is 17.8 Å². The number of amides is 2. The summed E-state index contributed by atoms with van der Waals surface area (Å²) in [5.41, 5.74) is 0. The Kier molecular flexibility index (Phi) is 7.87. The first-order valence-electron chi connectivity index (χ1n) is 8.54. The van der Waals surface area contributed by atoms with E-state index in [2.05, 4.69) is 10.6 Å². The summed E-state index contributed by atoms with van der Waals surface area (Å²) in [6.07, 6.45) is 3.88. The van der Waals surface area contributed by atoms with Gasteiger partial charge in [0, 0.05) is 13.0 Å². The lowest BCUT2D eigenvalue weighted by atomic mass is 9.87. The Morgan fingerprint density at radius 1 is 1.18 bits per heavy atom. The van der Waals surface area contributed by atoms with E-state index in [1.807, 2.05) is 27.7 Å². The fourth-order valence-corrected chi connectivity index (χ4v) is 2.94. The molecule has 0 aliphatic heterocycles. The zero-order valence-electron chi connectivity index (χ0n) is 14.4. The van der Waals surface area contributed by atoms with Crippen molar-refractivity contribution in [3.05, 3.63) is 0 Å². The van der Waals surface area contributed by atoms with Gasteiger partial charge in [0.05, 0.1) is 6.10 Å². The Bertz CT molecular complexity index is 369. The van der Waals surface area contributed by atoms with Gasteiger partial charge in [-0.1, -0.05) is 34.1 Å². The minimum atomic E-state index is -0.486. The van der Waals surface area contributed by atoms with Crippen LogP contribution in [-0.2, 0) is 9.59 Å². The number of carbonyl (C=O) groups excluding carboxylic acids is 2. The van der Waals surface area contributed by atoms with Crippen molar-refractivity contribution in [1.82, 2.24) is 10.6 Å². The van der Waals surface area contributed by atoms with E-state index in [0.717, 1.165) is 25.7 Å². The van der Waals surface area contributed by atoms with Crippen LogP contribution in [0.5, 0.6) is 0 Å². The fraction of sp³-hybridized carbons (Fsp3) is 0.882. The van der Waals surface area contributed by atoms with E-state index in [9.17, 15) is 14.7 Å². The molecule has 3 unspecified atom stereocenters. The molecule has 0 aromatic rings. The number of aliphatic hydroxyl groups is 1. The van der Waals surface area contributed by atoms with Crippen molar-refractivity contribution in [1.29, 1.82) is 0 Å². The quantitative estimate of drug-likeness (QED) is 0.671. The average molecular weight is 312 g/mol. The Morgan fingerprint density at radius 2 is 1.86 bits per heavy atom. The van der Waals surface area contributed by atoms with E-state index in [4.69, 9.17) is 0 Å². The van der Waals surface area contributed by atoms with Crippen molar-refractivity contribution < 1.29 is 14.7 Å². The highest BCUT2D eigenvalue weighted by atomic mass is 16.3. The molecule has 1 aliphatic rings. The zero-order chi connectivity index (χ0) is 16.7. The van der Waals surface area contributed by atoms with Crippen LogP contribution < -0.4 is 10.6 Å². The number of hydrogen-bond donors (Lipinski definition) is 3. The second-order valence-corrected chi connectivity index (χ2v) is 7.32. The molecule has 0 bridgehead atoms. The van der Waals surface area contributed by atoms with Crippen LogP contribution in [0.15, 0.2) is 0 Å². The first-order valence-corrected chi connectivity index (χ1v) is 8.54. The third kappa shape index (κ3) is 6.77. The van der Waals surface area contributed by atoms with Gasteiger partial charge in [0.1, 0.15) is 6.04 Å². The van der Waals surface area contributed by atoms with E-state index in [1.54, 1.807) is 0 Å². The molecule has 3 atom stereocenters. The van der Waals surface area contributed by atoms with Gasteiger partial charge < -0.3 is 15.7 Å². The molecule has 1 saturated carbocycles. The topological polar surface area (TPSA) is 78.4 Å². The highest BCUT2D eigenvalue weighted by molar-refractivity contribution is 5.87. The van der Waals surface area contributed by atoms with Gasteiger partial charge in [-0.2, -0.15) is 0 Å². The highest BCUT2D eigenvalue weighted by Crippen LogP contribution is 2.23. The third-order valence-corrected chi connectivity index (χ3v) is 4.18. The van der Waals surface area contributed by atoms with Gasteiger partial charge in [-0.05, 0) is 37.0 Å². The Labute approximate surface area is 134 Å². The van der Waals surface area contributed by atoms with Crippen molar-refractivity contribution in [3.8, 4) is 0 Å². The minimum absolute atomic E-state index is 0.0491. The van der Waals surface area contributed by atoms with Gasteiger partial charge in [-0.15, -0.1) is 0 Å². The molecule has 1 rings (SSSR count). The lowest BCUT2D eigenvalue weighted by Crippen LogP contribution is -2.50. The Morgan fingerprint density at radius 3 is 2.41 bits per heavy atom. The lowest BCUT2D eigenvalue weighted by Gasteiger charge is -2.27.